The molecule has 0 amide bonds. The molecule has 3 aromatic rings. The second kappa shape index (κ2) is 6.20. The van der Waals surface area contributed by atoms with E-state index in [9.17, 15) is 0 Å². The lowest BCUT2D eigenvalue weighted by Crippen LogP contribution is -2.12. The molecule has 0 aliphatic heterocycles. The van der Waals surface area contributed by atoms with Gasteiger partial charge in [0, 0.05) is 17.9 Å². The Morgan fingerprint density at radius 3 is 2.81 bits per heavy atom. The first-order valence-corrected chi connectivity index (χ1v) is 7.72. The Kier molecular flexibility index (Phi) is 4.13. The topological polar surface area (TPSA) is 63.9 Å². The lowest BCUT2D eigenvalue weighted by Gasteiger charge is -2.09. The Morgan fingerprint density at radius 2 is 2.05 bits per heavy atom. The van der Waals surface area contributed by atoms with Gasteiger partial charge in [-0.2, -0.15) is 0 Å². The minimum absolute atomic E-state index is 0.000974. The van der Waals surface area contributed by atoms with Crippen LogP contribution in [0.25, 0.3) is 11.0 Å². The summed E-state index contributed by atoms with van der Waals surface area (Å²) in [6, 6.07) is 15.9. The smallest absolute Gasteiger partial charge is 0.166 e. The van der Waals surface area contributed by atoms with Crippen molar-refractivity contribution in [3.8, 4) is 5.75 Å². The maximum Gasteiger partial charge on any atom is 0.166 e. The number of aromatic nitrogens is 2. The summed E-state index contributed by atoms with van der Waals surface area (Å²) in [4.78, 5) is 7.84. The summed E-state index contributed by atoms with van der Waals surface area (Å²) >= 11 is 1.63. The molecule has 3 rings (SSSR count). The van der Waals surface area contributed by atoms with Crippen molar-refractivity contribution in [2.75, 3.05) is 12.9 Å². The van der Waals surface area contributed by atoms with E-state index in [1.807, 2.05) is 36.4 Å². The molecule has 0 fully saturated rings. The minimum atomic E-state index is -0.000974. The van der Waals surface area contributed by atoms with Crippen molar-refractivity contribution in [3.63, 3.8) is 0 Å². The Hall–Kier alpha value is -1.98. The maximum atomic E-state index is 6.20. The van der Waals surface area contributed by atoms with Gasteiger partial charge in [0.05, 0.1) is 18.1 Å². The van der Waals surface area contributed by atoms with Crippen molar-refractivity contribution < 1.29 is 4.74 Å². The Bertz CT molecular complexity index is 727. The Balaban J connectivity index is 1.70. The summed E-state index contributed by atoms with van der Waals surface area (Å²) in [5, 5.41) is 0.879. The average molecular weight is 299 g/mol. The third-order valence-corrected chi connectivity index (χ3v) is 4.29. The number of hydrogen-bond acceptors (Lipinski definition) is 4. The molecule has 108 valence electrons. The van der Waals surface area contributed by atoms with Crippen LogP contribution in [-0.4, -0.2) is 22.8 Å². The van der Waals surface area contributed by atoms with Crippen molar-refractivity contribution in [2.45, 2.75) is 11.2 Å². The molecular formula is C16H17N3OS. The number of nitrogens with two attached hydrogens (primary N) is 1. The fraction of sp³-hybridized carbons (Fsp3) is 0.188. The van der Waals surface area contributed by atoms with Gasteiger partial charge in [-0.3, -0.25) is 0 Å². The molecule has 0 bridgehead atoms. The van der Waals surface area contributed by atoms with Crippen LogP contribution in [0.15, 0.2) is 53.7 Å². The summed E-state index contributed by atoms with van der Waals surface area (Å²) in [6.45, 7) is 0. The van der Waals surface area contributed by atoms with Gasteiger partial charge >= 0.3 is 0 Å². The van der Waals surface area contributed by atoms with E-state index >= 15 is 0 Å². The summed E-state index contributed by atoms with van der Waals surface area (Å²) in [7, 11) is 1.66. The molecule has 1 aromatic heterocycles. The average Bonchev–Trinajstić information content (AvgIpc) is 2.95. The van der Waals surface area contributed by atoms with E-state index in [0.29, 0.717) is 0 Å². The molecule has 21 heavy (non-hydrogen) atoms. The van der Waals surface area contributed by atoms with Crippen LogP contribution >= 0.6 is 11.8 Å². The van der Waals surface area contributed by atoms with E-state index in [4.69, 9.17) is 10.5 Å². The number of fused-ring (bicyclic) bond motifs is 1. The molecular weight excluding hydrogens is 282 g/mol. The lowest BCUT2D eigenvalue weighted by atomic mass is 10.1. The summed E-state index contributed by atoms with van der Waals surface area (Å²) in [5.74, 6) is 1.60. The number of ether oxygens (including phenoxy) is 1. The highest BCUT2D eigenvalue weighted by molar-refractivity contribution is 7.99. The fourth-order valence-corrected chi connectivity index (χ4v) is 3.00. The summed E-state index contributed by atoms with van der Waals surface area (Å²) in [6.07, 6.45) is 0. The fourth-order valence-electron chi connectivity index (χ4n) is 2.13. The first kappa shape index (κ1) is 14.0. The van der Waals surface area contributed by atoms with E-state index < -0.39 is 0 Å². The second-order valence-corrected chi connectivity index (χ2v) is 5.76. The van der Waals surface area contributed by atoms with Gasteiger partial charge in [0.2, 0.25) is 0 Å². The third kappa shape index (κ3) is 3.20. The SMILES string of the molecule is COc1ccc2nc(SCC(N)c3ccccc3)[nH]c2c1. The van der Waals surface area contributed by atoms with E-state index in [0.717, 1.165) is 33.3 Å². The van der Waals surface area contributed by atoms with E-state index in [1.165, 1.54) is 0 Å². The molecule has 0 radical (unpaired) electrons. The molecule has 2 aromatic carbocycles. The largest absolute Gasteiger partial charge is 0.497 e. The van der Waals surface area contributed by atoms with Gasteiger partial charge in [-0.15, -0.1) is 0 Å². The normalized spacial score (nSPS) is 12.5. The number of imidazole rings is 1. The highest BCUT2D eigenvalue weighted by Crippen LogP contribution is 2.25. The number of rotatable bonds is 5. The van der Waals surface area contributed by atoms with Crippen LogP contribution in [-0.2, 0) is 0 Å². The van der Waals surface area contributed by atoms with Crippen molar-refractivity contribution in [1.82, 2.24) is 9.97 Å². The molecule has 4 nitrogen and oxygen atoms in total. The number of nitrogens with one attached hydrogen (secondary N) is 1. The van der Waals surface area contributed by atoms with Gasteiger partial charge in [0.25, 0.3) is 0 Å². The van der Waals surface area contributed by atoms with Crippen LogP contribution < -0.4 is 10.5 Å². The number of benzene rings is 2. The molecule has 3 N–H and O–H groups in total. The zero-order valence-electron chi connectivity index (χ0n) is 11.7. The van der Waals surface area contributed by atoms with Crippen LogP contribution in [0.5, 0.6) is 5.75 Å². The number of nitrogens with zero attached hydrogens (tertiary/aromatic N) is 1. The molecule has 1 unspecified atom stereocenters. The molecule has 0 saturated heterocycles. The summed E-state index contributed by atoms with van der Waals surface area (Å²) in [5.41, 5.74) is 9.26. The van der Waals surface area contributed by atoms with Gasteiger partial charge in [-0.25, -0.2) is 4.98 Å². The van der Waals surface area contributed by atoms with E-state index in [-0.39, 0.29) is 6.04 Å². The first-order chi connectivity index (χ1) is 10.3. The predicted octanol–water partition coefficient (Wildman–Crippen LogP) is 3.36. The van der Waals surface area contributed by atoms with Crippen molar-refractivity contribution in [2.24, 2.45) is 5.73 Å². The maximum absolute atomic E-state index is 6.20. The van der Waals surface area contributed by atoms with Gasteiger partial charge in [0.15, 0.2) is 5.16 Å². The Labute approximate surface area is 127 Å². The highest BCUT2D eigenvalue weighted by Gasteiger charge is 2.09. The number of methoxy groups -OCH3 is 1. The molecule has 0 spiro atoms. The van der Waals surface area contributed by atoms with Crippen molar-refractivity contribution in [3.05, 3.63) is 54.1 Å². The van der Waals surface area contributed by atoms with Crippen LogP contribution in [0.4, 0.5) is 0 Å². The molecule has 0 aliphatic carbocycles. The molecule has 0 saturated carbocycles. The van der Waals surface area contributed by atoms with Crippen molar-refractivity contribution in [1.29, 1.82) is 0 Å². The van der Waals surface area contributed by atoms with E-state index in [2.05, 4.69) is 22.1 Å². The molecule has 1 heterocycles. The lowest BCUT2D eigenvalue weighted by molar-refractivity contribution is 0.415. The number of thioether (sulfide) groups is 1. The monoisotopic (exact) mass is 299 g/mol. The third-order valence-electron chi connectivity index (χ3n) is 3.29. The summed E-state index contributed by atoms with van der Waals surface area (Å²) < 4.78 is 5.21. The number of H-pyrrole nitrogens is 1. The predicted molar refractivity (Wildman–Crippen MR) is 86.7 cm³/mol. The molecule has 5 heteroatoms. The quantitative estimate of drug-likeness (QED) is 0.709. The Morgan fingerprint density at radius 1 is 1.24 bits per heavy atom. The molecule has 1 atom stereocenters. The first-order valence-electron chi connectivity index (χ1n) is 6.73. The minimum Gasteiger partial charge on any atom is -0.497 e. The standard InChI is InChI=1S/C16H17N3OS/c1-20-12-7-8-14-15(9-12)19-16(18-14)21-10-13(17)11-5-3-2-4-6-11/h2-9,13H,10,17H2,1H3,(H,18,19). The highest BCUT2D eigenvalue weighted by atomic mass is 32.2. The molecule has 0 aliphatic rings. The zero-order valence-corrected chi connectivity index (χ0v) is 12.6. The number of hydrogen-bond donors (Lipinski definition) is 2. The van der Waals surface area contributed by atoms with Crippen LogP contribution in [0.2, 0.25) is 0 Å². The van der Waals surface area contributed by atoms with Gasteiger partial charge in [-0.05, 0) is 17.7 Å². The second-order valence-electron chi connectivity index (χ2n) is 4.75. The van der Waals surface area contributed by atoms with E-state index in [1.54, 1.807) is 18.9 Å². The van der Waals surface area contributed by atoms with Gasteiger partial charge in [0.1, 0.15) is 5.75 Å². The van der Waals surface area contributed by atoms with Crippen LogP contribution in [0.3, 0.4) is 0 Å². The van der Waals surface area contributed by atoms with Gasteiger partial charge < -0.3 is 15.5 Å². The van der Waals surface area contributed by atoms with Crippen LogP contribution in [0.1, 0.15) is 11.6 Å². The zero-order chi connectivity index (χ0) is 14.7. The number of aromatic amines is 1. The van der Waals surface area contributed by atoms with Crippen LogP contribution in [0, 0.1) is 0 Å². The van der Waals surface area contributed by atoms with Crippen molar-refractivity contribution >= 4 is 22.8 Å². The van der Waals surface area contributed by atoms with Gasteiger partial charge in [-0.1, -0.05) is 42.1 Å².